The van der Waals surface area contributed by atoms with Gasteiger partial charge in [0.05, 0.1) is 25.8 Å². The third-order valence-electron chi connectivity index (χ3n) is 3.06. The molecule has 1 N–H and O–H groups in total. The van der Waals surface area contributed by atoms with Gasteiger partial charge in [0.25, 0.3) is 0 Å². The van der Waals surface area contributed by atoms with Crippen molar-refractivity contribution in [1.29, 1.82) is 0 Å². The van der Waals surface area contributed by atoms with Gasteiger partial charge in [-0.15, -0.1) is 0 Å². The summed E-state index contributed by atoms with van der Waals surface area (Å²) in [5, 5.41) is 3.35. The summed E-state index contributed by atoms with van der Waals surface area (Å²) in [5.74, 6) is 2.35. The van der Waals surface area contributed by atoms with Crippen molar-refractivity contribution >= 4 is 21.6 Å². The Morgan fingerprint density at radius 3 is 2.14 bits per heavy atom. The molecular weight excluding hydrogens is 334 g/mol. The van der Waals surface area contributed by atoms with Crippen LogP contribution >= 0.6 is 15.9 Å². The van der Waals surface area contributed by atoms with Gasteiger partial charge in [-0.1, -0.05) is 0 Å². The van der Waals surface area contributed by atoms with Crippen LogP contribution in [-0.4, -0.2) is 21.3 Å². The maximum absolute atomic E-state index is 5.28. The van der Waals surface area contributed by atoms with Gasteiger partial charge in [0.1, 0.15) is 17.2 Å². The zero-order valence-electron chi connectivity index (χ0n) is 12.3. The molecule has 0 bridgehead atoms. The fourth-order valence-electron chi connectivity index (χ4n) is 1.94. The van der Waals surface area contributed by atoms with E-state index in [0.29, 0.717) is 6.54 Å². The Morgan fingerprint density at radius 2 is 1.57 bits per heavy atom. The van der Waals surface area contributed by atoms with Crippen LogP contribution < -0.4 is 19.5 Å². The van der Waals surface area contributed by atoms with Gasteiger partial charge in [0, 0.05) is 24.4 Å². The van der Waals surface area contributed by atoms with Gasteiger partial charge in [-0.3, -0.25) is 0 Å². The summed E-state index contributed by atoms with van der Waals surface area (Å²) in [7, 11) is 4.94. The summed E-state index contributed by atoms with van der Waals surface area (Å²) in [5.41, 5.74) is 2.06. The van der Waals surface area contributed by atoms with Gasteiger partial charge in [-0.2, -0.15) is 0 Å². The van der Waals surface area contributed by atoms with Gasteiger partial charge < -0.3 is 19.5 Å². The Labute approximate surface area is 133 Å². The van der Waals surface area contributed by atoms with Crippen molar-refractivity contribution < 1.29 is 14.2 Å². The van der Waals surface area contributed by atoms with Crippen molar-refractivity contribution in [2.75, 3.05) is 26.6 Å². The summed E-state index contributed by atoms with van der Waals surface area (Å²) >= 11 is 3.44. The molecule has 0 aliphatic rings. The Morgan fingerprint density at radius 1 is 0.905 bits per heavy atom. The summed E-state index contributed by atoms with van der Waals surface area (Å²) < 4.78 is 16.7. The molecule has 0 saturated carbocycles. The molecule has 4 nitrogen and oxygen atoms in total. The van der Waals surface area contributed by atoms with Crippen LogP contribution in [0.3, 0.4) is 0 Å². The average Bonchev–Trinajstić information content (AvgIpc) is 2.53. The lowest BCUT2D eigenvalue weighted by molar-refractivity contribution is 0.393. The molecule has 2 aromatic carbocycles. The zero-order valence-corrected chi connectivity index (χ0v) is 13.9. The monoisotopic (exact) mass is 351 g/mol. The van der Waals surface area contributed by atoms with Gasteiger partial charge in [0.15, 0.2) is 0 Å². The van der Waals surface area contributed by atoms with Crippen molar-refractivity contribution in [2.24, 2.45) is 0 Å². The van der Waals surface area contributed by atoms with Gasteiger partial charge in [-0.25, -0.2) is 0 Å². The number of anilines is 1. The fraction of sp³-hybridized carbons (Fsp3) is 0.250. The predicted molar refractivity (Wildman–Crippen MR) is 87.6 cm³/mol. The second kappa shape index (κ2) is 7.22. The first-order valence-corrected chi connectivity index (χ1v) is 7.25. The van der Waals surface area contributed by atoms with Crippen LogP contribution in [0.5, 0.6) is 17.2 Å². The molecule has 0 saturated heterocycles. The molecule has 5 heteroatoms. The van der Waals surface area contributed by atoms with Crippen molar-refractivity contribution in [3.05, 3.63) is 46.4 Å². The highest BCUT2D eigenvalue weighted by Crippen LogP contribution is 2.28. The maximum Gasteiger partial charge on any atom is 0.135 e. The quantitative estimate of drug-likeness (QED) is 0.850. The smallest absolute Gasteiger partial charge is 0.135 e. The molecule has 112 valence electrons. The zero-order chi connectivity index (χ0) is 15.2. The van der Waals surface area contributed by atoms with Crippen LogP contribution in [0.15, 0.2) is 40.9 Å². The highest BCUT2D eigenvalue weighted by molar-refractivity contribution is 9.10. The molecule has 0 aromatic heterocycles. The Balaban J connectivity index is 2.12. The molecule has 0 unspecified atom stereocenters. The second-order valence-electron chi connectivity index (χ2n) is 4.42. The number of rotatable bonds is 6. The van der Waals surface area contributed by atoms with Crippen LogP contribution in [0.25, 0.3) is 0 Å². The maximum atomic E-state index is 5.28. The molecule has 2 aromatic rings. The van der Waals surface area contributed by atoms with Gasteiger partial charge >= 0.3 is 0 Å². The van der Waals surface area contributed by atoms with E-state index >= 15 is 0 Å². The molecule has 0 heterocycles. The van der Waals surface area contributed by atoms with Crippen LogP contribution in [0, 0.1) is 0 Å². The number of halogens is 1. The number of nitrogens with one attached hydrogen (secondary N) is 1. The van der Waals surface area contributed by atoms with Crippen molar-refractivity contribution in [3.8, 4) is 17.2 Å². The molecule has 21 heavy (non-hydrogen) atoms. The van der Waals surface area contributed by atoms with E-state index in [1.807, 2.05) is 36.4 Å². The largest absolute Gasteiger partial charge is 0.497 e. The minimum absolute atomic E-state index is 0.665. The van der Waals surface area contributed by atoms with E-state index < -0.39 is 0 Å². The molecule has 0 fully saturated rings. The van der Waals surface area contributed by atoms with Crippen LogP contribution in [0.1, 0.15) is 5.56 Å². The minimum atomic E-state index is 0.665. The van der Waals surface area contributed by atoms with Crippen molar-refractivity contribution in [1.82, 2.24) is 0 Å². The van der Waals surface area contributed by atoms with Crippen molar-refractivity contribution in [3.63, 3.8) is 0 Å². The minimum Gasteiger partial charge on any atom is -0.497 e. The highest BCUT2D eigenvalue weighted by atomic mass is 79.9. The first-order valence-electron chi connectivity index (χ1n) is 6.45. The number of methoxy groups -OCH3 is 3. The third kappa shape index (κ3) is 4.04. The lowest BCUT2D eigenvalue weighted by Crippen LogP contribution is -2.01. The van der Waals surface area contributed by atoms with Crippen molar-refractivity contribution in [2.45, 2.75) is 6.54 Å². The summed E-state index contributed by atoms with van der Waals surface area (Å²) in [6, 6.07) is 11.7. The van der Waals surface area contributed by atoms with Crippen LogP contribution in [0.4, 0.5) is 5.69 Å². The second-order valence-corrected chi connectivity index (χ2v) is 5.28. The lowest BCUT2D eigenvalue weighted by Gasteiger charge is -2.11. The third-order valence-corrected chi connectivity index (χ3v) is 3.71. The van der Waals surface area contributed by atoms with E-state index in [4.69, 9.17) is 14.2 Å². The molecule has 0 spiro atoms. The van der Waals surface area contributed by atoms with E-state index in [1.165, 1.54) is 0 Å². The number of ether oxygens (including phenoxy) is 3. The fourth-order valence-corrected chi connectivity index (χ4v) is 2.35. The van der Waals surface area contributed by atoms with Gasteiger partial charge in [0.2, 0.25) is 0 Å². The Kier molecular flexibility index (Phi) is 5.33. The molecule has 2 rings (SSSR count). The summed E-state index contributed by atoms with van der Waals surface area (Å²) in [4.78, 5) is 0. The lowest BCUT2D eigenvalue weighted by atomic mass is 10.2. The number of hydrogen-bond donors (Lipinski definition) is 1. The van der Waals surface area contributed by atoms with E-state index in [2.05, 4.69) is 21.2 Å². The van der Waals surface area contributed by atoms with E-state index in [-0.39, 0.29) is 0 Å². The van der Waals surface area contributed by atoms with E-state index in [1.54, 1.807) is 21.3 Å². The topological polar surface area (TPSA) is 39.7 Å². The predicted octanol–water partition coefficient (Wildman–Crippen LogP) is 4.09. The molecule has 0 atom stereocenters. The Bertz CT molecular complexity index is 594. The highest BCUT2D eigenvalue weighted by Gasteiger charge is 2.04. The molecule has 0 aliphatic carbocycles. The van der Waals surface area contributed by atoms with E-state index in [9.17, 15) is 0 Å². The average molecular weight is 352 g/mol. The van der Waals surface area contributed by atoms with E-state index in [0.717, 1.165) is 33.0 Å². The summed E-state index contributed by atoms with van der Waals surface area (Å²) in [6.07, 6.45) is 0. The van der Waals surface area contributed by atoms with Crippen LogP contribution in [0.2, 0.25) is 0 Å². The first-order chi connectivity index (χ1) is 10.2. The molecular formula is C16H18BrNO3. The van der Waals surface area contributed by atoms with Crippen LogP contribution in [-0.2, 0) is 6.54 Å². The first kappa shape index (κ1) is 15.5. The number of hydrogen-bond acceptors (Lipinski definition) is 4. The SMILES string of the molecule is COc1cc(CNc2ccc(Br)c(OC)c2)cc(OC)c1. The summed E-state index contributed by atoms with van der Waals surface area (Å²) in [6.45, 7) is 0.665. The number of benzene rings is 2. The normalized spacial score (nSPS) is 10.1. The van der Waals surface area contributed by atoms with Gasteiger partial charge in [-0.05, 0) is 45.8 Å². The Hall–Kier alpha value is -1.88. The molecule has 0 amide bonds. The molecule has 0 radical (unpaired) electrons. The standard InChI is InChI=1S/C16H18BrNO3/c1-19-13-6-11(7-14(9-13)20-2)10-18-12-4-5-15(17)16(8-12)21-3/h4-9,18H,10H2,1-3H3. The molecule has 0 aliphatic heterocycles.